The molecule has 1 aromatic carbocycles. The molecule has 0 fully saturated rings. The second kappa shape index (κ2) is 4.85. The van der Waals surface area contributed by atoms with Crippen LogP contribution >= 0.6 is 15.9 Å². The summed E-state index contributed by atoms with van der Waals surface area (Å²) in [5.41, 5.74) is 3.25. The van der Waals surface area contributed by atoms with Crippen LogP contribution in [-0.2, 0) is 11.2 Å². The van der Waals surface area contributed by atoms with Crippen LogP contribution in [-0.4, -0.2) is 5.91 Å². The van der Waals surface area contributed by atoms with Gasteiger partial charge in [0.05, 0.1) is 4.83 Å². The quantitative estimate of drug-likeness (QED) is 0.851. The van der Waals surface area contributed by atoms with Crippen LogP contribution in [0.25, 0.3) is 0 Å². The van der Waals surface area contributed by atoms with E-state index >= 15 is 0 Å². The molecule has 1 atom stereocenters. The van der Waals surface area contributed by atoms with Gasteiger partial charge in [0, 0.05) is 12.1 Å². The van der Waals surface area contributed by atoms with Crippen LogP contribution in [0.5, 0.6) is 0 Å². The molecule has 0 saturated carbocycles. The van der Waals surface area contributed by atoms with Gasteiger partial charge in [0.25, 0.3) is 0 Å². The number of alkyl halides is 1. The molecule has 0 aliphatic carbocycles. The molecule has 1 unspecified atom stereocenters. The molecule has 1 aliphatic rings. The summed E-state index contributed by atoms with van der Waals surface area (Å²) >= 11 is 3.67. The first-order valence-corrected chi connectivity index (χ1v) is 7.18. The number of halogens is 1. The van der Waals surface area contributed by atoms with Crippen LogP contribution in [0.15, 0.2) is 34.7 Å². The highest BCUT2D eigenvalue weighted by molar-refractivity contribution is 9.09. The maximum Gasteiger partial charge on any atom is 0.224 e. The van der Waals surface area contributed by atoms with Gasteiger partial charge in [-0.25, -0.2) is 0 Å². The summed E-state index contributed by atoms with van der Waals surface area (Å²) in [4.78, 5) is 11.4. The van der Waals surface area contributed by atoms with Gasteiger partial charge in [0.2, 0.25) is 5.91 Å². The first-order valence-electron chi connectivity index (χ1n) is 6.26. The van der Waals surface area contributed by atoms with E-state index < -0.39 is 0 Å². The summed E-state index contributed by atoms with van der Waals surface area (Å²) in [5.74, 6) is 1.90. The van der Waals surface area contributed by atoms with Crippen molar-refractivity contribution in [1.29, 1.82) is 0 Å². The predicted octanol–water partition coefficient (Wildman–Crippen LogP) is 3.96. The average Bonchev–Trinajstić information content (AvgIpc) is 2.84. The van der Waals surface area contributed by atoms with E-state index in [0.29, 0.717) is 6.42 Å². The standard InChI is InChI=1S/C15H14BrNO2/c1-9-2-6-13(19-9)15(16)11-3-5-12-10(8-11)4-7-14(18)17-12/h2-3,5-6,8,15H,4,7H2,1H3,(H,17,18). The van der Waals surface area contributed by atoms with Crippen molar-refractivity contribution in [3.63, 3.8) is 0 Å². The lowest BCUT2D eigenvalue weighted by molar-refractivity contribution is -0.116. The molecule has 1 aliphatic heterocycles. The lowest BCUT2D eigenvalue weighted by Crippen LogP contribution is -2.19. The van der Waals surface area contributed by atoms with Gasteiger partial charge < -0.3 is 9.73 Å². The Kier molecular flexibility index (Phi) is 3.19. The fraction of sp³-hybridized carbons (Fsp3) is 0.267. The zero-order chi connectivity index (χ0) is 13.4. The monoisotopic (exact) mass is 319 g/mol. The number of benzene rings is 1. The number of fused-ring (bicyclic) bond motifs is 1. The molecular weight excluding hydrogens is 306 g/mol. The minimum atomic E-state index is 0.0455. The highest BCUT2D eigenvalue weighted by atomic mass is 79.9. The summed E-state index contributed by atoms with van der Waals surface area (Å²) in [6.45, 7) is 1.94. The lowest BCUT2D eigenvalue weighted by Gasteiger charge is -2.18. The summed E-state index contributed by atoms with van der Waals surface area (Å²) < 4.78 is 5.64. The van der Waals surface area contributed by atoms with E-state index in [9.17, 15) is 4.79 Å². The number of carbonyl (C=O) groups is 1. The first-order chi connectivity index (χ1) is 9.13. The van der Waals surface area contributed by atoms with E-state index in [1.165, 1.54) is 5.56 Å². The predicted molar refractivity (Wildman–Crippen MR) is 77.6 cm³/mol. The van der Waals surface area contributed by atoms with Gasteiger partial charge in [0.1, 0.15) is 11.5 Å². The minimum Gasteiger partial charge on any atom is -0.465 e. The number of aryl methyl sites for hydroxylation is 2. The van der Waals surface area contributed by atoms with E-state index in [1.807, 2.05) is 31.2 Å². The number of carbonyl (C=O) groups excluding carboxylic acids is 1. The van der Waals surface area contributed by atoms with Crippen molar-refractivity contribution in [2.75, 3.05) is 5.32 Å². The fourth-order valence-electron chi connectivity index (χ4n) is 2.31. The molecule has 2 heterocycles. The number of amides is 1. The van der Waals surface area contributed by atoms with E-state index in [0.717, 1.165) is 29.2 Å². The second-order valence-corrected chi connectivity index (χ2v) is 5.69. The third kappa shape index (κ3) is 2.45. The molecule has 0 saturated heterocycles. The molecule has 1 aromatic heterocycles. The molecular formula is C15H14BrNO2. The maximum atomic E-state index is 11.3. The zero-order valence-electron chi connectivity index (χ0n) is 10.6. The Labute approximate surface area is 120 Å². The van der Waals surface area contributed by atoms with Crippen LogP contribution in [0.2, 0.25) is 0 Å². The minimum absolute atomic E-state index is 0.0455. The molecule has 1 amide bonds. The van der Waals surface area contributed by atoms with E-state index in [2.05, 4.69) is 27.3 Å². The van der Waals surface area contributed by atoms with Crippen LogP contribution in [0.3, 0.4) is 0 Å². The normalized spacial score (nSPS) is 15.8. The fourth-order valence-corrected chi connectivity index (χ4v) is 2.85. The number of hydrogen-bond acceptors (Lipinski definition) is 2. The summed E-state index contributed by atoms with van der Waals surface area (Å²) in [6, 6.07) is 10.1. The van der Waals surface area contributed by atoms with Crippen molar-refractivity contribution in [2.24, 2.45) is 0 Å². The Balaban J connectivity index is 1.92. The van der Waals surface area contributed by atoms with Gasteiger partial charge in [-0.05, 0) is 42.7 Å². The molecule has 3 rings (SSSR count). The molecule has 98 valence electrons. The Bertz CT molecular complexity index is 633. The second-order valence-electron chi connectivity index (χ2n) is 4.78. The van der Waals surface area contributed by atoms with Gasteiger partial charge in [-0.2, -0.15) is 0 Å². The van der Waals surface area contributed by atoms with E-state index in [-0.39, 0.29) is 10.7 Å². The SMILES string of the molecule is Cc1ccc(C(Br)c2ccc3c(c2)CCC(=O)N3)o1. The Morgan fingerprint density at radius 1 is 1.26 bits per heavy atom. The van der Waals surface area contributed by atoms with Crippen molar-refractivity contribution < 1.29 is 9.21 Å². The molecule has 0 spiro atoms. The lowest BCUT2D eigenvalue weighted by atomic mass is 9.99. The van der Waals surface area contributed by atoms with Crippen molar-refractivity contribution in [1.82, 2.24) is 0 Å². The number of anilines is 1. The third-order valence-corrected chi connectivity index (χ3v) is 4.31. The van der Waals surface area contributed by atoms with Crippen molar-refractivity contribution in [3.05, 3.63) is 53.0 Å². The Morgan fingerprint density at radius 2 is 2.11 bits per heavy atom. The van der Waals surface area contributed by atoms with Crippen LogP contribution in [0.1, 0.15) is 33.9 Å². The molecule has 19 heavy (non-hydrogen) atoms. The maximum absolute atomic E-state index is 11.3. The zero-order valence-corrected chi connectivity index (χ0v) is 12.2. The van der Waals surface area contributed by atoms with E-state index in [1.54, 1.807) is 0 Å². The highest BCUT2D eigenvalue weighted by Crippen LogP contribution is 2.34. The number of hydrogen-bond donors (Lipinski definition) is 1. The summed E-state index contributed by atoms with van der Waals surface area (Å²) in [5, 5.41) is 2.89. The third-order valence-electron chi connectivity index (χ3n) is 3.33. The van der Waals surface area contributed by atoms with Gasteiger partial charge >= 0.3 is 0 Å². The van der Waals surface area contributed by atoms with Gasteiger partial charge in [-0.15, -0.1) is 0 Å². The van der Waals surface area contributed by atoms with Crippen molar-refractivity contribution >= 4 is 27.5 Å². The summed E-state index contributed by atoms with van der Waals surface area (Å²) in [7, 11) is 0. The van der Waals surface area contributed by atoms with Crippen molar-refractivity contribution in [3.8, 4) is 0 Å². The van der Waals surface area contributed by atoms with Gasteiger partial charge in [-0.3, -0.25) is 4.79 Å². The number of nitrogens with one attached hydrogen (secondary N) is 1. The van der Waals surface area contributed by atoms with Crippen LogP contribution in [0, 0.1) is 6.92 Å². The molecule has 0 bridgehead atoms. The molecule has 3 nitrogen and oxygen atoms in total. The average molecular weight is 320 g/mol. The van der Waals surface area contributed by atoms with Crippen LogP contribution in [0.4, 0.5) is 5.69 Å². The van der Waals surface area contributed by atoms with Gasteiger partial charge in [0.15, 0.2) is 0 Å². The topological polar surface area (TPSA) is 42.2 Å². The largest absolute Gasteiger partial charge is 0.465 e. The Morgan fingerprint density at radius 3 is 2.84 bits per heavy atom. The highest BCUT2D eigenvalue weighted by Gasteiger charge is 2.19. The number of rotatable bonds is 2. The van der Waals surface area contributed by atoms with E-state index in [4.69, 9.17) is 4.42 Å². The van der Waals surface area contributed by atoms with Crippen LogP contribution < -0.4 is 5.32 Å². The molecule has 2 aromatic rings. The van der Waals surface area contributed by atoms with Crippen molar-refractivity contribution in [2.45, 2.75) is 24.6 Å². The van der Waals surface area contributed by atoms with Gasteiger partial charge in [-0.1, -0.05) is 28.1 Å². The molecule has 1 N–H and O–H groups in total. The summed E-state index contributed by atoms with van der Waals surface area (Å²) in [6.07, 6.45) is 1.36. The molecule has 0 radical (unpaired) electrons. The smallest absolute Gasteiger partial charge is 0.224 e. The number of furan rings is 1. The Hall–Kier alpha value is -1.55. The first kappa shape index (κ1) is 12.5. The molecule has 4 heteroatoms.